The summed E-state index contributed by atoms with van der Waals surface area (Å²) in [7, 11) is 0. The molecule has 1 fully saturated rings. The highest BCUT2D eigenvalue weighted by atomic mass is 35.5. The van der Waals surface area contributed by atoms with Crippen molar-refractivity contribution in [2.75, 3.05) is 13.2 Å². The van der Waals surface area contributed by atoms with Gasteiger partial charge in [0.2, 0.25) is 0 Å². The van der Waals surface area contributed by atoms with Crippen LogP contribution in [0.5, 0.6) is 0 Å². The first-order chi connectivity index (χ1) is 13.9. The largest absolute Gasteiger partial charge is 0.375 e. The highest BCUT2D eigenvalue weighted by molar-refractivity contribution is 7.11. The lowest BCUT2D eigenvalue weighted by Gasteiger charge is -2.33. The van der Waals surface area contributed by atoms with Crippen molar-refractivity contribution in [3.8, 4) is 0 Å². The molecule has 1 aliphatic rings. The first-order valence-electron chi connectivity index (χ1n) is 9.12. The van der Waals surface area contributed by atoms with E-state index < -0.39 is 18.6 Å². The number of ether oxygens (including phenoxy) is 1. The molecule has 4 heterocycles. The van der Waals surface area contributed by atoms with Gasteiger partial charge in [0.15, 0.2) is 0 Å². The minimum absolute atomic E-state index is 0. The van der Waals surface area contributed by atoms with Crippen molar-refractivity contribution in [1.82, 2.24) is 24.7 Å². The lowest BCUT2D eigenvalue weighted by Crippen LogP contribution is -2.41. The third kappa shape index (κ3) is 3.55. The topological polar surface area (TPSA) is 65.7 Å². The highest BCUT2D eigenvalue weighted by Gasteiger charge is 2.45. The van der Waals surface area contributed by atoms with Crippen LogP contribution in [0.15, 0.2) is 24.4 Å². The maximum Gasteiger partial charge on any atom is 0.291 e. The molecule has 1 aromatic carbocycles. The number of halogens is 3. The summed E-state index contributed by atoms with van der Waals surface area (Å²) in [4.78, 5) is 9.09. The molecule has 5 rings (SSSR count). The SMILES string of the molecule is C.Cc1nnc(Cc2nc3cnc4ccc(Cl)cc4c3n2C2CCOCC2(F)F)s1. The van der Waals surface area contributed by atoms with Gasteiger partial charge in [-0.05, 0) is 31.5 Å². The molecule has 1 saturated heterocycles. The molecule has 1 aliphatic heterocycles. The molecule has 158 valence electrons. The van der Waals surface area contributed by atoms with Crippen molar-refractivity contribution in [2.45, 2.75) is 39.2 Å². The van der Waals surface area contributed by atoms with Crippen LogP contribution in [0.1, 0.15) is 35.7 Å². The normalized spacial score (nSPS) is 18.6. The third-order valence-corrected chi connectivity index (χ3v) is 6.13. The van der Waals surface area contributed by atoms with Gasteiger partial charge >= 0.3 is 0 Å². The summed E-state index contributed by atoms with van der Waals surface area (Å²) in [5, 5.41) is 10.9. The Morgan fingerprint density at radius 3 is 2.87 bits per heavy atom. The number of aromatic nitrogens is 5. The van der Waals surface area contributed by atoms with Crippen LogP contribution in [-0.4, -0.2) is 43.9 Å². The molecule has 0 radical (unpaired) electrons. The number of hydrogen-bond donors (Lipinski definition) is 0. The van der Waals surface area contributed by atoms with E-state index >= 15 is 0 Å². The van der Waals surface area contributed by atoms with Crippen LogP contribution < -0.4 is 0 Å². The lowest BCUT2D eigenvalue weighted by molar-refractivity contribution is -0.147. The standard InChI is InChI=1S/C19H16ClF2N5OS.CH4/c1-10-25-26-17(29-10)7-16-24-14-8-23-13-3-2-11(20)6-12(13)18(14)27(16)15-4-5-28-9-19(15,21)22;/h2-3,6,8,15H,4-5,7,9H2,1H3;1H4. The zero-order valence-corrected chi connectivity index (χ0v) is 17.0. The van der Waals surface area contributed by atoms with Crippen LogP contribution >= 0.6 is 22.9 Å². The van der Waals surface area contributed by atoms with Gasteiger partial charge in [0.25, 0.3) is 5.92 Å². The molecule has 3 aromatic heterocycles. The summed E-state index contributed by atoms with van der Waals surface area (Å²) in [6.45, 7) is 1.51. The molecular weight excluding hydrogens is 432 g/mol. The molecule has 0 saturated carbocycles. The number of benzene rings is 1. The van der Waals surface area contributed by atoms with Crippen molar-refractivity contribution < 1.29 is 13.5 Å². The number of nitrogens with zero attached hydrogens (tertiary/aromatic N) is 5. The zero-order chi connectivity index (χ0) is 20.2. The van der Waals surface area contributed by atoms with Crippen molar-refractivity contribution in [3.05, 3.63) is 45.3 Å². The Balaban J connectivity index is 0.00000218. The van der Waals surface area contributed by atoms with Gasteiger partial charge in [0.05, 0.1) is 23.7 Å². The molecule has 4 aromatic rings. The van der Waals surface area contributed by atoms with Crippen molar-refractivity contribution >= 4 is 44.9 Å². The number of rotatable bonds is 3. The summed E-state index contributed by atoms with van der Waals surface area (Å²) < 4.78 is 36.5. The maximum atomic E-state index is 14.9. The number of alkyl halides is 2. The van der Waals surface area contributed by atoms with Crippen LogP contribution in [0.2, 0.25) is 5.02 Å². The van der Waals surface area contributed by atoms with Gasteiger partial charge in [0.1, 0.15) is 34.0 Å². The molecule has 6 nitrogen and oxygen atoms in total. The number of fused-ring (bicyclic) bond motifs is 3. The second-order valence-corrected chi connectivity index (χ2v) is 8.76. The van der Waals surface area contributed by atoms with E-state index in [9.17, 15) is 8.78 Å². The smallest absolute Gasteiger partial charge is 0.291 e. The van der Waals surface area contributed by atoms with Crippen LogP contribution in [0.4, 0.5) is 8.78 Å². The second kappa shape index (κ2) is 7.79. The lowest BCUT2D eigenvalue weighted by atomic mass is 10.0. The Kier molecular flexibility index (Phi) is 5.46. The minimum Gasteiger partial charge on any atom is -0.375 e. The van der Waals surface area contributed by atoms with Gasteiger partial charge in [-0.25, -0.2) is 13.8 Å². The van der Waals surface area contributed by atoms with Gasteiger partial charge in [-0.3, -0.25) is 4.98 Å². The molecule has 1 unspecified atom stereocenters. The third-order valence-electron chi connectivity index (χ3n) is 5.06. The molecule has 0 bridgehead atoms. The van der Waals surface area contributed by atoms with Gasteiger partial charge in [-0.1, -0.05) is 19.0 Å². The molecule has 30 heavy (non-hydrogen) atoms. The van der Waals surface area contributed by atoms with Gasteiger partial charge in [-0.2, -0.15) is 0 Å². The number of imidazole rings is 1. The van der Waals surface area contributed by atoms with E-state index in [0.717, 1.165) is 10.0 Å². The second-order valence-electron chi connectivity index (χ2n) is 7.06. The fourth-order valence-electron chi connectivity index (χ4n) is 3.83. The Hall–Kier alpha value is -2.23. The first-order valence-corrected chi connectivity index (χ1v) is 10.3. The molecule has 0 amide bonds. The number of hydrogen-bond acceptors (Lipinski definition) is 6. The Morgan fingerprint density at radius 1 is 1.30 bits per heavy atom. The average molecular weight is 452 g/mol. The van der Waals surface area contributed by atoms with E-state index in [1.807, 2.05) is 6.92 Å². The maximum absolute atomic E-state index is 14.9. The van der Waals surface area contributed by atoms with Crippen molar-refractivity contribution in [1.29, 1.82) is 0 Å². The summed E-state index contributed by atoms with van der Waals surface area (Å²) in [5.74, 6) is -2.51. The Labute approximate surface area is 180 Å². The van der Waals surface area contributed by atoms with Gasteiger partial charge in [0, 0.05) is 17.0 Å². The van der Waals surface area contributed by atoms with Crippen molar-refractivity contribution in [2.24, 2.45) is 0 Å². The van der Waals surface area contributed by atoms with Gasteiger partial charge in [-0.15, -0.1) is 21.5 Å². The first kappa shape index (κ1) is 21.0. The molecule has 0 spiro atoms. The predicted molar refractivity (Wildman–Crippen MR) is 114 cm³/mol. The summed E-state index contributed by atoms with van der Waals surface area (Å²) >= 11 is 7.64. The monoisotopic (exact) mass is 451 g/mol. The fourth-order valence-corrected chi connectivity index (χ4v) is 4.71. The number of pyridine rings is 1. The fraction of sp³-hybridized carbons (Fsp3) is 0.400. The van der Waals surface area contributed by atoms with Crippen LogP contribution in [0.3, 0.4) is 0 Å². The van der Waals surface area contributed by atoms with E-state index in [2.05, 4.69) is 20.2 Å². The minimum atomic E-state index is -3.02. The van der Waals surface area contributed by atoms with E-state index in [-0.39, 0.29) is 20.5 Å². The van der Waals surface area contributed by atoms with Gasteiger partial charge < -0.3 is 9.30 Å². The highest BCUT2D eigenvalue weighted by Crippen LogP contribution is 2.40. The van der Waals surface area contributed by atoms with E-state index in [0.29, 0.717) is 39.2 Å². The summed E-state index contributed by atoms with van der Waals surface area (Å²) in [5.41, 5.74) is 1.84. The summed E-state index contributed by atoms with van der Waals surface area (Å²) in [6.07, 6.45) is 2.12. The van der Waals surface area contributed by atoms with E-state index in [1.165, 1.54) is 11.3 Å². The quantitative estimate of drug-likeness (QED) is 0.427. The number of aryl methyl sites for hydroxylation is 1. The molecule has 10 heteroatoms. The molecule has 1 atom stereocenters. The molecular formula is C20H20ClF2N5OS. The van der Waals surface area contributed by atoms with E-state index in [1.54, 1.807) is 29.0 Å². The van der Waals surface area contributed by atoms with Crippen molar-refractivity contribution in [3.63, 3.8) is 0 Å². The average Bonchev–Trinajstić information content (AvgIpc) is 3.25. The predicted octanol–water partition coefficient (Wildman–Crippen LogP) is 5.22. The zero-order valence-electron chi connectivity index (χ0n) is 15.4. The van der Waals surface area contributed by atoms with Crippen LogP contribution in [0.25, 0.3) is 21.9 Å². The Bertz CT molecular complexity index is 1220. The Morgan fingerprint density at radius 2 is 2.13 bits per heavy atom. The van der Waals surface area contributed by atoms with Crippen LogP contribution in [0, 0.1) is 6.92 Å². The molecule has 0 N–H and O–H groups in total. The summed E-state index contributed by atoms with van der Waals surface area (Å²) in [6, 6.07) is 4.19. The van der Waals surface area contributed by atoms with Crippen LogP contribution in [-0.2, 0) is 11.2 Å². The van der Waals surface area contributed by atoms with E-state index in [4.69, 9.17) is 16.3 Å². The molecule has 0 aliphatic carbocycles.